The van der Waals surface area contributed by atoms with Crippen molar-refractivity contribution in [3.05, 3.63) is 16.3 Å². The van der Waals surface area contributed by atoms with Crippen molar-refractivity contribution in [1.82, 2.24) is 0 Å². The van der Waals surface area contributed by atoms with Crippen molar-refractivity contribution < 1.29 is 14.8 Å². The van der Waals surface area contributed by atoms with E-state index in [9.17, 15) is 4.79 Å². The summed E-state index contributed by atoms with van der Waals surface area (Å²) in [5.74, 6) is 0. The summed E-state index contributed by atoms with van der Waals surface area (Å²) in [5.41, 5.74) is 0.368. The van der Waals surface area contributed by atoms with Crippen molar-refractivity contribution in [2.24, 2.45) is 0 Å². The van der Waals surface area contributed by atoms with Crippen LogP contribution in [0.2, 0.25) is 0 Å². The summed E-state index contributed by atoms with van der Waals surface area (Å²) in [5, 5.41) is 18.7. The molecule has 0 radical (unpaired) electrons. The Hall–Kier alpha value is -0.645. The Balaban J connectivity index is 2.88. The third kappa shape index (κ3) is 1.44. The first-order valence-corrected chi connectivity index (χ1v) is 3.51. The molecule has 0 saturated heterocycles. The van der Waals surface area contributed by atoms with E-state index < -0.39 is 7.12 Å². The van der Waals surface area contributed by atoms with Crippen LogP contribution in [0.3, 0.4) is 0 Å². The molecule has 2 N–H and O–H groups in total. The first-order chi connectivity index (χ1) is 4.74. The summed E-state index contributed by atoms with van der Waals surface area (Å²) in [6.07, 6.45) is 0.677. The third-order valence-electron chi connectivity index (χ3n) is 1.05. The van der Waals surface area contributed by atoms with Gasteiger partial charge in [0.2, 0.25) is 0 Å². The second kappa shape index (κ2) is 2.96. The molecule has 0 spiro atoms. The zero-order valence-electron chi connectivity index (χ0n) is 5.02. The van der Waals surface area contributed by atoms with Crippen LogP contribution in [0.4, 0.5) is 0 Å². The normalized spacial score (nSPS) is 9.40. The number of carbonyl (C=O) groups is 1. The van der Waals surface area contributed by atoms with E-state index in [0.717, 1.165) is 0 Å². The number of carbonyl (C=O) groups excluding carboxylic acids is 1. The first kappa shape index (κ1) is 7.46. The summed E-state index contributed by atoms with van der Waals surface area (Å²) in [6, 6.07) is 1.45. The van der Waals surface area contributed by atoms with E-state index in [-0.39, 0.29) is 0 Å². The maximum Gasteiger partial charge on any atom is 0.489 e. The van der Waals surface area contributed by atoms with Crippen LogP contribution < -0.4 is 5.46 Å². The summed E-state index contributed by atoms with van der Waals surface area (Å²) in [6.45, 7) is 0. The van der Waals surface area contributed by atoms with Crippen molar-refractivity contribution in [1.29, 1.82) is 0 Å². The van der Waals surface area contributed by atoms with Gasteiger partial charge < -0.3 is 10.0 Å². The molecule has 0 fully saturated rings. The van der Waals surface area contributed by atoms with Crippen LogP contribution in [0.15, 0.2) is 11.4 Å². The molecule has 52 valence electrons. The number of rotatable bonds is 2. The molecular weight excluding hydrogens is 151 g/mol. The molecule has 3 nitrogen and oxygen atoms in total. The molecule has 0 aliphatic heterocycles. The molecule has 0 aliphatic rings. The fraction of sp³-hybridized carbons (Fsp3) is 0. The summed E-state index contributed by atoms with van der Waals surface area (Å²) < 4.78 is 0. The van der Waals surface area contributed by atoms with Gasteiger partial charge >= 0.3 is 7.12 Å². The number of aldehydes is 1. The highest BCUT2D eigenvalue weighted by Crippen LogP contribution is 2.02. The molecule has 0 aromatic carbocycles. The molecule has 0 amide bonds. The Morgan fingerprint density at radius 3 is 2.60 bits per heavy atom. The largest absolute Gasteiger partial charge is 0.489 e. The second-order valence-corrected chi connectivity index (χ2v) is 2.72. The van der Waals surface area contributed by atoms with Gasteiger partial charge in [-0.15, -0.1) is 11.3 Å². The third-order valence-corrected chi connectivity index (χ3v) is 1.93. The Bertz CT molecular complexity index is 233. The predicted octanol–water partition coefficient (Wildman–Crippen LogP) is -0.760. The lowest BCUT2D eigenvalue weighted by Crippen LogP contribution is -2.27. The average molecular weight is 156 g/mol. The van der Waals surface area contributed by atoms with Gasteiger partial charge in [0.15, 0.2) is 6.29 Å². The number of thiophene rings is 1. The highest BCUT2D eigenvalue weighted by molar-refractivity contribution is 7.12. The van der Waals surface area contributed by atoms with Crippen LogP contribution >= 0.6 is 11.3 Å². The van der Waals surface area contributed by atoms with Crippen LogP contribution in [-0.4, -0.2) is 23.5 Å². The van der Waals surface area contributed by atoms with E-state index in [1.807, 2.05) is 0 Å². The summed E-state index contributed by atoms with van der Waals surface area (Å²) >= 11 is 1.19. The molecule has 1 aromatic heterocycles. The molecule has 0 unspecified atom stereocenters. The monoisotopic (exact) mass is 156 g/mol. The molecule has 1 aromatic rings. The van der Waals surface area contributed by atoms with Gasteiger partial charge in [-0.25, -0.2) is 0 Å². The smallest absolute Gasteiger partial charge is 0.423 e. The Labute approximate surface area is 62.1 Å². The molecule has 0 aliphatic carbocycles. The van der Waals surface area contributed by atoms with Gasteiger partial charge in [0, 0.05) is 0 Å². The summed E-state index contributed by atoms with van der Waals surface area (Å²) in [7, 11) is -1.47. The Morgan fingerprint density at radius 2 is 2.30 bits per heavy atom. The van der Waals surface area contributed by atoms with E-state index in [1.54, 1.807) is 0 Å². The van der Waals surface area contributed by atoms with Gasteiger partial charge in [-0.1, -0.05) is 0 Å². The fourth-order valence-corrected chi connectivity index (χ4v) is 1.29. The van der Waals surface area contributed by atoms with Gasteiger partial charge in [0.05, 0.1) is 4.88 Å². The van der Waals surface area contributed by atoms with Crippen molar-refractivity contribution in [3.8, 4) is 0 Å². The second-order valence-electron chi connectivity index (χ2n) is 1.77. The molecule has 10 heavy (non-hydrogen) atoms. The standard InChI is InChI=1S/C5H5BO3S/c7-2-5-1-4(3-10-5)6(8)9/h1-3,8-9H. The van der Waals surface area contributed by atoms with E-state index in [2.05, 4.69) is 0 Å². The maximum atomic E-state index is 10.1. The Kier molecular flexibility index (Phi) is 2.21. The van der Waals surface area contributed by atoms with Crippen LogP contribution in [-0.2, 0) is 0 Å². The number of hydrogen-bond donors (Lipinski definition) is 2. The van der Waals surface area contributed by atoms with Crippen LogP contribution in [0.25, 0.3) is 0 Å². The maximum absolute atomic E-state index is 10.1. The Morgan fingerprint density at radius 1 is 1.60 bits per heavy atom. The van der Waals surface area contributed by atoms with E-state index in [1.165, 1.54) is 22.8 Å². The zero-order valence-corrected chi connectivity index (χ0v) is 5.84. The molecule has 5 heteroatoms. The number of hydrogen-bond acceptors (Lipinski definition) is 4. The van der Waals surface area contributed by atoms with Gasteiger partial charge in [0.25, 0.3) is 0 Å². The van der Waals surface area contributed by atoms with Crippen LogP contribution in [0, 0.1) is 0 Å². The lowest BCUT2D eigenvalue weighted by atomic mass is 9.83. The fourth-order valence-electron chi connectivity index (χ4n) is 0.566. The predicted molar refractivity (Wildman–Crippen MR) is 39.5 cm³/mol. The van der Waals surface area contributed by atoms with Crippen LogP contribution in [0.1, 0.15) is 9.67 Å². The van der Waals surface area contributed by atoms with Crippen molar-refractivity contribution in [3.63, 3.8) is 0 Å². The summed E-state index contributed by atoms with van der Waals surface area (Å²) in [4.78, 5) is 10.6. The molecule has 0 atom stereocenters. The quantitative estimate of drug-likeness (QED) is 0.437. The van der Waals surface area contributed by atoms with Crippen LogP contribution in [0.5, 0.6) is 0 Å². The van der Waals surface area contributed by atoms with Gasteiger partial charge in [-0.3, -0.25) is 4.79 Å². The van der Waals surface area contributed by atoms with Crippen molar-refractivity contribution in [2.45, 2.75) is 0 Å². The first-order valence-electron chi connectivity index (χ1n) is 2.64. The topological polar surface area (TPSA) is 57.5 Å². The SMILES string of the molecule is O=Cc1cc(B(O)O)cs1. The molecule has 0 saturated carbocycles. The molecule has 1 rings (SSSR count). The minimum atomic E-state index is -1.47. The average Bonchev–Trinajstić information content (AvgIpc) is 2.34. The lowest BCUT2D eigenvalue weighted by molar-refractivity contribution is 0.112. The lowest BCUT2D eigenvalue weighted by Gasteiger charge is -1.87. The molecule has 0 bridgehead atoms. The zero-order chi connectivity index (χ0) is 7.56. The minimum absolute atomic E-state index is 0.368. The van der Waals surface area contributed by atoms with Crippen molar-refractivity contribution in [2.75, 3.05) is 0 Å². The van der Waals surface area contributed by atoms with Crippen molar-refractivity contribution >= 4 is 30.2 Å². The highest BCUT2D eigenvalue weighted by Gasteiger charge is 2.11. The van der Waals surface area contributed by atoms with Gasteiger partial charge in [0.1, 0.15) is 0 Å². The van der Waals surface area contributed by atoms with Gasteiger partial charge in [-0.2, -0.15) is 0 Å². The minimum Gasteiger partial charge on any atom is -0.423 e. The molecular formula is C5H5BO3S. The molecule has 1 heterocycles. The highest BCUT2D eigenvalue weighted by atomic mass is 32.1. The van der Waals surface area contributed by atoms with Gasteiger partial charge in [-0.05, 0) is 16.9 Å². The van der Waals surface area contributed by atoms with E-state index >= 15 is 0 Å². The van der Waals surface area contributed by atoms with E-state index in [4.69, 9.17) is 10.0 Å². The van der Waals surface area contributed by atoms with E-state index in [0.29, 0.717) is 16.6 Å².